The number of para-hydroxylation sites is 1. The minimum absolute atomic E-state index is 0.398. The van der Waals surface area contributed by atoms with Crippen molar-refractivity contribution >= 4 is 16.0 Å². The summed E-state index contributed by atoms with van der Waals surface area (Å²) in [4.78, 5) is 11.1. The van der Waals surface area contributed by atoms with Crippen molar-refractivity contribution in [3.8, 4) is 5.75 Å². The Bertz CT molecular complexity index is 619. The fourth-order valence-corrected chi connectivity index (χ4v) is 3.15. The Morgan fingerprint density at radius 3 is 2.32 bits per heavy atom. The second-order valence-corrected chi connectivity index (χ2v) is 6.37. The number of benzene rings is 1. The van der Waals surface area contributed by atoms with Gasteiger partial charge in [0.1, 0.15) is 16.7 Å². The molecule has 6 nitrogen and oxygen atoms in total. The number of alkyl halides is 2. The van der Waals surface area contributed by atoms with E-state index in [4.69, 9.17) is 0 Å². The molecular weight excluding hydrogens is 320 g/mol. The van der Waals surface area contributed by atoms with Crippen LogP contribution in [0.3, 0.4) is 0 Å². The van der Waals surface area contributed by atoms with Gasteiger partial charge < -0.3 is 9.47 Å². The first kappa shape index (κ1) is 18.3. The van der Waals surface area contributed by atoms with Gasteiger partial charge in [-0.1, -0.05) is 26.0 Å². The van der Waals surface area contributed by atoms with Crippen molar-refractivity contribution in [2.24, 2.45) is 5.92 Å². The SMILES string of the molecule is COC(=O)[C@H](NS(=O)(=O)c1ccccc1OC(F)F)C(C)C. The standard InChI is InChI=1S/C13H17F2NO5S/c1-8(2)11(12(17)20-3)16-22(18,19)10-7-5-4-6-9(10)21-13(14)15/h4-8,11,13,16H,1-3H3/t11-/m1/s1. The lowest BCUT2D eigenvalue weighted by Gasteiger charge is -2.20. The van der Waals surface area contributed by atoms with E-state index in [0.29, 0.717) is 0 Å². The molecule has 0 aromatic heterocycles. The van der Waals surface area contributed by atoms with Crippen LogP contribution < -0.4 is 9.46 Å². The number of hydrogen-bond donors (Lipinski definition) is 1. The lowest BCUT2D eigenvalue weighted by Crippen LogP contribution is -2.45. The van der Waals surface area contributed by atoms with Gasteiger partial charge in [0.25, 0.3) is 0 Å². The Balaban J connectivity index is 3.16. The largest absolute Gasteiger partial charge is 0.468 e. The smallest absolute Gasteiger partial charge is 0.387 e. The molecule has 0 heterocycles. The Morgan fingerprint density at radius 2 is 1.82 bits per heavy atom. The summed E-state index contributed by atoms with van der Waals surface area (Å²) in [5.74, 6) is -1.67. The molecule has 0 saturated carbocycles. The molecule has 0 saturated heterocycles. The molecule has 1 atom stereocenters. The summed E-state index contributed by atoms with van der Waals surface area (Å²) in [7, 11) is -3.12. The highest BCUT2D eigenvalue weighted by Crippen LogP contribution is 2.25. The highest BCUT2D eigenvalue weighted by Gasteiger charge is 2.31. The van der Waals surface area contributed by atoms with E-state index >= 15 is 0 Å². The van der Waals surface area contributed by atoms with E-state index < -0.39 is 45.2 Å². The lowest BCUT2D eigenvalue weighted by molar-refractivity contribution is -0.143. The number of rotatable bonds is 7. The third-order valence-electron chi connectivity index (χ3n) is 2.76. The quantitative estimate of drug-likeness (QED) is 0.767. The van der Waals surface area contributed by atoms with Crippen molar-refractivity contribution in [2.45, 2.75) is 31.4 Å². The number of nitrogens with one attached hydrogen (secondary N) is 1. The zero-order valence-electron chi connectivity index (χ0n) is 12.2. The van der Waals surface area contributed by atoms with E-state index in [-0.39, 0.29) is 0 Å². The first-order valence-corrected chi connectivity index (χ1v) is 7.81. The monoisotopic (exact) mass is 337 g/mol. The third kappa shape index (κ3) is 4.63. The Kier molecular flexibility index (Phi) is 6.24. The Hall–Kier alpha value is -1.74. The van der Waals surface area contributed by atoms with Gasteiger partial charge >= 0.3 is 12.6 Å². The molecule has 0 spiro atoms. The molecule has 124 valence electrons. The number of hydrogen-bond acceptors (Lipinski definition) is 5. The van der Waals surface area contributed by atoms with Crippen molar-refractivity contribution in [3.05, 3.63) is 24.3 Å². The number of ether oxygens (including phenoxy) is 2. The van der Waals surface area contributed by atoms with E-state index in [1.165, 1.54) is 12.1 Å². The van der Waals surface area contributed by atoms with Crippen LogP contribution in [-0.2, 0) is 19.6 Å². The number of halogens is 2. The highest BCUT2D eigenvalue weighted by molar-refractivity contribution is 7.89. The van der Waals surface area contributed by atoms with Crippen molar-refractivity contribution in [2.75, 3.05) is 7.11 Å². The van der Waals surface area contributed by atoms with Crippen LogP contribution in [0.15, 0.2) is 29.2 Å². The molecule has 1 aromatic carbocycles. The molecule has 0 aliphatic carbocycles. The van der Waals surface area contributed by atoms with Crippen LogP contribution in [0.4, 0.5) is 8.78 Å². The van der Waals surface area contributed by atoms with E-state index in [1.54, 1.807) is 13.8 Å². The van der Waals surface area contributed by atoms with Gasteiger partial charge in [-0.15, -0.1) is 0 Å². The number of carbonyl (C=O) groups is 1. The van der Waals surface area contributed by atoms with Gasteiger partial charge in [0, 0.05) is 0 Å². The highest BCUT2D eigenvalue weighted by atomic mass is 32.2. The summed E-state index contributed by atoms with van der Waals surface area (Å²) in [5.41, 5.74) is 0. The fourth-order valence-electron chi connectivity index (χ4n) is 1.68. The van der Waals surface area contributed by atoms with E-state index in [1.807, 2.05) is 0 Å². The van der Waals surface area contributed by atoms with Crippen LogP contribution in [0, 0.1) is 5.92 Å². The number of methoxy groups -OCH3 is 1. The van der Waals surface area contributed by atoms with E-state index in [0.717, 1.165) is 19.2 Å². The minimum atomic E-state index is -4.25. The molecule has 1 aromatic rings. The summed E-state index contributed by atoms with van der Waals surface area (Å²) in [6.45, 7) is 0.0648. The fraction of sp³-hybridized carbons (Fsp3) is 0.462. The van der Waals surface area contributed by atoms with Gasteiger partial charge in [-0.2, -0.15) is 13.5 Å². The maximum absolute atomic E-state index is 12.4. The molecule has 1 rings (SSSR count). The van der Waals surface area contributed by atoms with Crippen LogP contribution in [0.25, 0.3) is 0 Å². The molecule has 0 aliphatic rings. The van der Waals surface area contributed by atoms with E-state index in [2.05, 4.69) is 14.2 Å². The lowest BCUT2D eigenvalue weighted by atomic mass is 10.1. The van der Waals surface area contributed by atoms with Crippen molar-refractivity contribution in [1.29, 1.82) is 0 Å². The molecule has 0 unspecified atom stereocenters. The number of sulfonamides is 1. The van der Waals surface area contributed by atoms with Crippen molar-refractivity contribution in [1.82, 2.24) is 4.72 Å². The summed E-state index contributed by atoms with van der Waals surface area (Å²) in [5, 5.41) is 0. The molecule has 0 radical (unpaired) electrons. The van der Waals surface area contributed by atoms with Crippen LogP contribution >= 0.6 is 0 Å². The van der Waals surface area contributed by atoms with Gasteiger partial charge in [0.15, 0.2) is 0 Å². The zero-order valence-corrected chi connectivity index (χ0v) is 13.1. The molecular formula is C13H17F2NO5S. The first-order valence-electron chi connectivity index (χ1n) is 6.33. The van der Waals surface area contributed by atoms with Crippen molar-refractivity contribution < 1.29 is 31.5 Å². The van der Waals surface area contributed by atoms with Crippen LogP contribution in [0.5, 0.6) is 5.75 Å². The zero-order chi connectivity index (χ0) is 16.9. The average molecular weight is 337 g/mol. The average Bonchev–Trinajstić information content (AvgIpc) is 2.43. The van der Waals surface area contributed by atoms with Gasteiger partial charge in [-0.25, -0.2) is 8.42 Å². The second-order valence-electron chi connectivity index (χ2n) is 4.69. The molecule has 9 heteroatoms. The molecule has 22 heavy (non-hydrogen) atoms. The van der Waals surface area contributed by atoms with Crippen LogP contribution in [0.2, 0.25) is 0 Å². The normalized spacial score (nSPS) is 13.2. The third-order valence-corrected chi connectivity index (χ3v) is 4.24. The molecule has 0 aliphatic heterocycles. The molecule has 1 N–H and O–H groups in total. The number of carbonyl (C=O) groups excluding carboxylic acids is 1. The predicted octanol–water partition coefficient (Wildman–Crippen LogP) is 1.76. The Labute approximate surface area is 127 Å². The van der Waals surface area contributed by atoms with Gasteiger partial charge in [-0.05, 0) is 18.1 Å². The summed E-state index contributed by atoms with van der Waals surface area (Å²) >= 11 is 0. The van der Waals surface area contributed by atoms with E-state index in [9.17, 15) is 22.0 Å². The summed E-state index contributed by atoms with van der Waals surface area (Å²) in [6, 6.07) is 3.78. The molecule has 0 amide bonds. The summed E-state index contributed by atoms with van der Waals surface area (Å²) in [6.07, 6.45) is 0. The maximum atomic E-state index is 12.4. The predicted molar refractivity (Wildman–Crippen MR) is 74.0 cm³/mol. The maximum Gasteiger partial charge on any atom is 0.387 e. The first-order chi connectivity index (χ1) is 10.2. The summed E-state index contributed by atoms with van der Waals surface area (Å²) < 4.78 is 60.2. The number of esters is 1. The topological polar surface area (TPSA) is 81.7 Å². The van der Waals surface area contributed by atoms with Gasteiger partial charge in [0.2, 0.25) is 10.0 Å². The minimum Gasteiger partial charge on any atom is -0.468 e. The van der Waals surface area contributed by atoms with Crippen LogP contribution in [0.1, 0.15) is 13.8 Å². The Morgan fingerprint density at radius 1 is 1.23 bits per heavy atom. The molecule has 0 fully saturated rings. The van der Waals surface area contributed by atoms with Gasteiger partial charge in [0.05, 0.1) is 7.11 Å². The van der Waals surface area contributed by atoms with Gasteiger partial charge in [-0.3, -0.25) is 4.79 Å². The van der Waals surface area contributed by atoms with Crippen molar-refractivity contribution in [3.63, 3.8) is 0 Å². The second kappa shape index (κ2) is 7.50. The van der Waals surface area contributed by atoms with Crippen LogP contribution in [-0.4, -0.2) is 34.2 Å². The molecule has 0 bridgehead atoms.